The number of rotatable bonds is 8. The van der Waals surface area contributed by atoms with Crippen LogP contribution in [0.4, 0.5) is 5.13 Å². The Balaban J connectivity index is 0.00000420. The summed E-state index contributed by atoms with van der Waals surface area (Å²) in [4.78, 5) is 45.0. The van der Waals surface area contributed by atoms with Crippen LogP contribution in [0, 0.1) is 0 Å². The molecule has 0 spiro atoms. The summed E-state index contributed by atoms with van der Waals surface area (Å²) >= 11 is 1.00. The first-order valence-corrected chi connectivity index (χ1v) is 9.56. The SMILES string of the molecule is C=CCON=C(C(=O)N[C@H]1C(=O)N(S(=O)(=O)[O-])[C@H]1C(=O)OC)c1csc(N)n1.[Na+]. The number of hydrogen-bond acceptors (Lipinski definition) is 12. The minimum atomic E-state index is -5.29. The van der Waals surface area contributed by atoms with E-state index in [2.05, 4.69) is 26.8 Å². The van der Waals surface area contributed by atoms with Gasteiger partial charge in [-0.05, 0) is 0 Å². The van der Waals surface area contributed by atoms with Crippen LogP contribution in [0.15, 0.2) is 23.2 Å². The van der Waals surface area contributed by atoms with Gasteiger partial charge in [-0.3, -0.25) is 9.59 Å². The molecule has 1 aromatic rings. The van der Waals surface area contributed by atoms with E-state index in [1.807, 2.05) is 0 Å². The van der Waals surface area contributed by atoms with Gasteiger partial charge in [-0.1, -0.05) is 17.8 Å². The fraction of sp³-hybridized carbons (Fsp3) is 0.308. The number of aromatic nitrogens is 1. The molecule has 1 saturated heterocycles. The van der Waals surface area contributed by atoms with Crippen LogP contribution in [0.5, 0.6) is 0 Å². The van der Waals surface area contributed by atoms with Crippen LogP contribution >= 0.6 is 11.3 Å². The molecule has 29 heavy (non-hydrogen) atoms. The molecule has 13 nitrogen and oxygen atoms in total. The Hall–Kier alpha value is -2.04. The molecule has 16 heteroatoms. The number of carbonyl (C=O) groups is 3. The fourth-order valence-corrected chi connectivity index (χ4v) is 3.54. The Labute approximate surface area is 191 Å². The number of anilines is 1. The molecule has 152 valence electrons. The molecule has 1 aromatic heterocycles. The second-order valence-corrected chi connectivity index (χ2v) is 7.24. The summed E-state index contributed by atoms with van der Waals surface area (Å²) in [5.74, 6) is -3.53. The molecule has 2 amide bonds. The van der Waals surface area contributed by atoms with Crippen LogP contribution in [0.2, 0.25) is 0 Å². The van der Waals surface area contributed by atoms with Gasteiger partial charge in [0, 0.05) is 5.38 Å². The molecule has 1 aliphatic rings. The molecule has 1 fully saturated rings. The van der Waals surface area contributed by atoms with Crippen molar-refractivity contribution in [3.63, 3.8) is 0 Å². The third kappa shape index (κ3) is 5.52. The molecular formula is C13H14N5NaO8S2. The van der Waals surface area contributed by atoms with E-state index in [1.54, 1.807) is 0 Å². The average Bonchev–Trinajstić information content (AvgIpc) is 3.04. The van der Waals surface area contributed by atoms with Gasteiger partial charge in [-0.2, -0.15) is 0 Å². The second-order valence-electron chi connectivity index (χ2n) is 5.11. The van der Waals surface area contributed by atoms with Crippen LogP contribution < -0.4 is 40.6 Å². The zero-order chi connectivity index (χ0) is 21.1. The Morgan fingerprint density at radius 3 is 2.69 bits per heavy atom. The van der Waals surface area contributed by atoms with Gasteiger partial charge in [-0.25, -0.2) is 22.5 Å². The topological polar surface area (TPSA) is 193 Å². The zero-order valence-corrected chi connectivity index (χ0v) is 18.9. The molecule has 0 radical (unpaired) electrons. The summed E-state index contributed by atoms with van der Waals surface area (Å²) < 4.78 is 37.7. The monoisotopic (exact) mass is 455 g/mol. The number of methoxy groups -OCH3 is 1. The standard InChI is InChI=1S/C13H15N5O8S2.Na/c1-3-4-26-17-7(6-5-27-13(14)15-6)10(19)16-8-9(12(21)25-2)18(11(8)20)28(22,23)24;/h3,5,8-9H,1,4H2,2H3,(H2,14,15)(H,16,19)(H,22,23,24);/q;+1/p-1/t8-,9-;/m1./s1. The largest absolute Gasteiger partial charge is 1.00 e. The van der Waals surface area contributed by atoms with Crippen molar-refractivity contribution in [1.29, 1.82) is 0 Å². The summed E-state index contributed by atoms with van der Waals surface area (Å²) in [6, 6.07) is -3.51. The van der Waals surface area contributed by atoms with E-state index in [1.165, 1.54) is 11.5 Å². The number of oxime groups is 1. The normalized spacial score (nSPS) is 18.9. The number of β-lactam (4-membered cyclic amide) rings is 1. The Morgan fingerprint density at radius 2 is 2.21 bits per heavy atom. The number of nitrogens with two attached hydrogens (primary N) is 1. The van der Waals surface area contributed by atoms with Gasteiger partial charge >= 0.3 is 35.5 Å². The van der Waals surface area contributed by atoms with Crippen molar-refractivity contribution in [2.75, 3.05) is 19.5 Å². The minimum Gasteiger partial charge on any atom is -0.731 e. The molecule has 0 aliphatic carbocycles. The number of esters is 1. The summed E-state index contributed by atoms with van der Waals surface area (Å²) in [5, 5.41) is 7.22. The molecule has 2 atom stereocenters. The number of ether oxygens (including phenoxy) is 1. The summed E-state index contributed by atoms with van der Waals surface area (Å²) in [7, 11) is -4.36. The van der Waals surface area contributed by atoms with Crippen LogP contribution in [-0.4, -0.2) is 71.6 Å². The van der Waals surface area contributed by atoms with Crippen molar-refractivity contribution in [3.05, 3.63) is 23.7 Å². The number of amides is 2. The number of nitrogens with one attached hydrogen (secondary N) is 1. The fourth-order valence-electron chi connectivity index (χ4n) is 2.17. The first-order valence-electron chi connectivity index (χ1n) is 7.31. The number of hydrogen-bond donors (Lipinski definition) is 2. The maximum atomic E-state index is 12.5. The van der Waals surface area contributed by atoms with Crippen molar-refractivity contribution in [1.82, 2.24) is 14.6 Å². The maximum absolute atomic E-state index is 12.5. The van der Waals surface area contributed by atoms with Gasteiger partial charge in [0.05, 0.1) is 7.11 Å². The third-order valence-electron chi connectivity index (χ3n) is 3.35. The summed E-state index contributed by atoms with van der Waals surface area (Å²) in [6.45, 7) is 3.36. The second kappa shape index (κ2) is 10.1. The quantitative estimate of drug-likeness (QED) is 0.0560. The zero-order valence-electron chi connectivity index (χ0n) is 15.2. The smallest absolute Gasteiger partial charge is 0.731 e. The average molecular weight is 455 g/mol. The van der Waals surface area contributed by atoms with E-state index < -0.39 is 45.9 Å². The van der Waals surface area contributed by atoms with Gasteiger partial charge < -0.3 is 25.2 Å². The predicted molar refractivity (Wildman–Crippen MR) is 93.5 cm³/mol. The van der Waals surface area contributed by atoms with Crippen molar-refractivity contribution in [2.45, 2.75) is 12.1 Å². The Kier molecular flexibility index (Phi) is 8.73. The number of thiazole rings is 1. The summed E-state index contributed by atoms with van der Waals surface area (Å²) in [5.41, 5.74) is 5.14. The molecule has 0 bridgehead atoms. The van der Waals surface area contributed by atoms with Gasteiger partial charge in [0.15, 0.2) is 27.2 Å². The van der Waals surface area contributed by atoms with E-state index >= 15 is 0 Å². The maximum Gasteiger partial charge on any atom is 1.00 e. The molecule has 1 aliphatic heterocycles. The number of nitrogen functional groups attached to an aromatic ring is 1. The van der Waals surface area contributed by atoms with Crippen molar-refractivity contribution in [2.24, 2.45) is 5.16 Å². The van der Waals surface area contributed by atoms with Crippen LogP contribution in [0.3, 0.4) is 0 Å². The van der Waals surface area contributed by atoms with Crippen molar-refractivity contribution in [3.8, 4) is 0 Å². The van der Waals surface area contributed by atoms with Crippen LogP contribution in [0.25, 0.3) is 0 Å². The first-order chi connectivity index (χ1) is 13.1. The number of carbonyl (C=O) groups excluding carboxylic acids is 3. The molecule has 0 aromatic carbocycles. The van der Waals surface area contributed by atoms with Crippen LogP contribution in [-0.2, 0) is 34.3 Å². The minimum absolute atomic E-state index is 0. The molecule has 2 rings (SSSR count). The van der Waals surface area contributed by atoms with Gasteiger partial charge in [-0.15, -0.1) is 11.3 Å². The van der Waals surface area contributed by atoms with Gasteiger partial charge in [0.1, 0.15) is 18.3 Å². The van der Waals surface area contributed by atoms with Gasteiger partial charge in [0.25, 0.3) is 11.8 Å². The predicted octanol–water partition coefficient (Wildman–Crippen LogP) is -5.04. The molecule has 0 saturated carbocycles. The van der Waals surface area contributed by atoms with E-state index in [4.69, 9.17) is 10.6 Å². The molecule has 3 N–H and O–H groups in total. The third-order valence-corrected chi connectivity index (χ3v) is 4.91. The molecule has 0 unspecified atom stereocenters. The molecular weight excluding hydrogens is 441 g/mol. The van der Waals surface area contributed by atoms with E-state index in [9.17, 15) is 27.4 Å². The van der Waals surface area contributed by atoms with E-state index in [0.717, 1.165) is 18.4 Å². The Bertz CT molecular complexity index is 947. The summed E-state index contributed by atoms with van der Waals surface area (Å²) in [6.07, 6.45) is 1.36. The van der Waals surface area contributed by atoms with E-state index in [-0.39, 0.29) is 51.3 Å². The van der Waals surface area contributed by atoms with Crippen LogP contribution in [0.1, 0.15) is 5.69 Å². The van der Waals surface area contributed by atoms with Crippen molar-refractivity contribution < 1.29 is 66.5 Å². The molecule has 2 heterocycles. The number of nitrogens with zero attached hydrogens (tertiary/aromatic N) is 3. The van der Waals surface area contributed by atoms with Crippen molar-refractivity contribution >= 4 is 50.3 Å². The first kappa shape index (κ1) is 25.0. The Morgan fingerprint density at radius 1 is 1.55 bits per heavy atom. The van der Waals surface area contributed by atoms with E-state index in [0.29, 0.717) is 0 Å². The van der Waals surface area contributed by atoms with Gasteiger partial charge in [0.2, 0.25) is 0 Å².